The summed E-state index contributed by atoms with van der Waals surface area (Å²) in [4.78, 5) is 5.13. The van der Waals surface area contributed by atoms with Gasteiger partial charge in [0.2, 0.25) is 0 Å². The van der Waals surface area contributed by atoms with Crippen molar-refractivity contribution in [2.45, 2.75) is 25.3 Å². The maximum absolute atomic E-state index is 5.68. The summed E-state index contributed by atoms with van der Waals surface area (Å²) >= 11 is 0. The summed E-state index contributed by atoms with van der Waals surface area (Å²) in [5, 5.41) is 0. The summed E-state index contributed by atoms with van der Waals surface area (Å²) < 4.78 is 5.39. The Morgan fingerprint density at radius 2 is 1.94 bits per heavy atom. The number of hydrogen-bond donors (Lipinski definition) is 1. The SMILES string of the molecule is NCCN1CCCCC1CN1CCOCC1. The lowest BCUT2D eigenvalue weighted by atomic mass is 10.0. The third kappa shape index (κ3) is 3.42. The zero-order valence-electron chi connectivity index (χ0n) is 10.2. The quantitative estimate of drug-likeness (QED) is 0.741. The molecule has 0 saturated carbocycles. The van der Waals surface area contributed by atoms with Crippen molar-refractivity contribution in [2.24, 2.45) is 5.73 Å². The molecule has 0 bridgehead atoms. The van der Waals surface area contributed by atoms with Crippen LogP contribution in [0.4, 0.5) is 0 Å². The first kappa shape index (κ1) is 12.3. The molecular formula is C12H25N3O. The molecule has 0 aromatic rings. The molecule has 94 valence electrons. The van der Waals surface area contributed by atoms with Gasteiger partial charge in [-0.1, -0.05) is 6.42 Å². The molecule has 4 nitrogen and oxygen atoms in total. The summed E-state index contributed by atoms with van der Waals surface area (Å²) in [5.41, 5.74) is 5.68. The molecule has 2 fully saturated rings. The summed E-state index contributed by atoms with van der Waals surface area (Å²) in [6.45, 7) is 8.33. The average Bonchev–Trinajstić information content (AvgIpc) is 2.33. The molecule has 0 radical (unpaired) electrons. The van der Waals surface area contributed by atoms with E-state index in [-0.39, 0.29) is 0 Å². The first-order chi connectivity index (χ1) is 7.90. The van der Waals surface area contributed by atoms with Crippen LogP contribution in [0.3, 0.4) is 0 Å². The fraction of sp³-hybridized carbons (Fsp3) is 1.00. The summed E-state index contributed by atoms with van der Waals surface area (Å²) in [6.07, 6.45) is 4.08. The average molecular weight is 227 g/mol. The van der Waals surface area contributed by atoms with Gasteiger partial charge in [-0.05, 0) is 19.4 Å². The van der Waals surface area contributed by atoms with Gasteiger partial charge in [0.15, 0.2) is 0 Å². The number of nitrogens with zero attached hydrogens (tertiary/aromatic N) is 2. The molecule has 16 heavy (non-hydrogen) atoms. The van der Waals surface area contributed by atoms with Crippen molar-refractivity contribution in [3.05, 3.63) is 0 Å². The highest BCUT2D eigenvalue weighted by molar-refractivity contribution is 4.80. The molecule has 0 spiro atoms. The van der Waals surface area contributed by atoms with Crippen molar-refractivity contribution < 1.29 is 4.74 Å². The molecule has 2 heterocycles. The number of nitrogens with two attached hydrogens (primary N) is 1. The Bertz CT molecular complexity index is 193. The first-order valence-electron chi connectivity index (χ1n) is 6.64. The zero-order chi connectivity index (χ0) is 11.2. The van der Waals surface area contributed by atoms with Crippen molar-refractivity contribution in [1.29, 1.82) is 0 Å². The smallest absolute Gasteiger partial charge is 0.0594 e. The Morgan fingerprint density at radius 3 is 2.69 bits per heavy atom. The van der Waals surface area contributed by atoms with E-state index in [0.29, 0.717) is 0 Å². The summed E-state index contributed by atoms with van der Waals surface area (Å²) in [6, 6.07) is 0.732. The van der Waals surface area contributed by atoms with Gasteiger partial charge in [0.1, 0.15) is 0 Å². The highest BCUT2D eigenvalue weighted by atomic mass is 16.5. The summed E-state index contributed by atoms with van der Waals surface area (Å²) in [7, 11) is 0. The lowest BCUT2D eigenvalue weighted by Crippen LogP contribution is -2.50. The lowest BCUT2D eigenvalue weighted by Gasteiger charge is -2.39. The monoisotopic (exact) mass is 227 g/mol. The van der Waals surface area contributed by atoms with E-state index in [1.54, 1.807) is 0 Å². The van der Waals surface area contributed by atoms with Crippen LogP contribution in [0.15, 0.2) is 0 Å². The third-order valence-corrected chi connectivity index (χ3v) is 3.74. The minimum atomic E-state index is 0.732. The predicted octanol–water partition coefficient (Wildman–Crippen LogP) is 0.132. The number of hydrogen-bond acceptors (Lipinski definition) is 4. The van der Waals surface area contributed by atoms with Crippen LogP contribution < -0.4 is 5.73 Å². The van der Waals surface area contributed by atoms with Gasteiger partial charge < -0.3 is 10.5 Å². The second-order valence-corrected chi connectivity index (χ2v) is 4.89. The van der Waals surface area contributed by atoms with Crippen LogP contribution in [-0.4, -0.2) is 68.3 Å². The largest absolute Gasteiger partial charge is 0.379 e. The number of likely N-dealkylation sites (tertiary alicyclic amines) is 1. The molecule has 1 unspecified atom stereocenters. The van der Waals surface area contributed by atoms with Gasteiger partial charge in [0.05, 0.1) is 13.2 Å². The Kier molecular flexibility index (Phi) is 5.03. The van der Waals surface area contributed by atoms with Gasteiger partial charge in [-0.25, -0.2) is 0 Å². The second kappa shape index (κ2) is 6.55. The molecular weight excluding hydrogens is 202 g/mol. The van der Waals surface area contributed by atoms with Crippen LogP contribution >= 0.6 is 0 Å². The highest BCUT2D eigenvalue weighted by Crippen LogP contribution is 2.17. The molecule has 0 aromatic heterocycles. The van der Waals surface area contributed by atoms with Crippen LogP contribution in [0.25, 0.3) is 0 Å². The first-order valence-corrected chi connectivity index (χ1v) is 6.64. The minimum absolute atomic E-state index is 0.732. The number of morpholine rings is 1. The van der Waals surface area contributed by atoms with Gasteiger partial charge in [-0.15, -0.1) is 0 Å². The van der Waals surface area contributed by atoms with Crippen LogP contribution in [0, 0.1) is 0 Å². The summed E-state index contributed by atoms with van der Waals surface area (Å²) in [5.74, 6) is 0. The molecule has 0 aliphatic carbocycles. The number of ether oxygens (including phenoxy) is 1. The lowest BCUT2D eigenvalue weighted by molar-refractivity contribution is 0.0172. The van der Waals surface area contributed by atoms with E-state index >= 15 is 0 Å². The molecule has 2 aliphatic heterocycles. The fourth-order valence-corrected chi connectivity index (χ4v) is 2.81. The van der Waals surface area contributed by atoms with Crippen LogP contribution in [0.2, 0.25) is 0 Å². The maximum atomic E-state index is 5.68. The van der Waals surface area contributed by atoms with Crippen LogP contribution in [0.5, 0.6) is 0 Å². The van der Waals surface area contributed by atoms with E-state index in [9.17, 15) is 0 Å². The van der Waals surface area contributed by atoms with Crippen LogP contribution in [0.1, 0.15) is 19.3 Å². The number of rotatable bonds is 4. The van der Waals surface area contributed by atoms with Gasteiger partial charge >= 0.3 is 0 Å². The van der Waals surface area contributed by atoms with Crippen molar-refractivity contribution in [3.8, 4) is 0 Å². The van der Waals surface area contributed by atoms with Gasteiger partial charge in [-0.2, -0.15) is 0 Å². The molecule has 2 saturated heterocycles. The molecule has 2 rings (SSSR count). The number of piperidine rings is 1. The third-order valence-electron chi connectivity index (χ3n) is 3.74. The Labute approximate surface area is 98.7 Å². The molecule has 4 heteroatoms. The van der Waals surface area contributed by atoms with Crippen molar-refractivity contribution in [1.82, 2.24) is 9.80 Å². The van der Waals surface area contributed by atoms with Gasteiger partial charge in [0, 0.05) is 38.8 Å². The van der Waals surface area contributed by atoms with Gasteiger partial charge in [0.25, 0.3) is 0 Å². The normalized spacial score (nSPS) is 29.4. The molecule has 0 amide bonds. The standard InChI is InChI=1S/C12H25N3O/c13-4-6-15-5-2-1-3-12(15)11-14-7-9-16-10-8-14/h12H,1-11,13H2. The predicted molar refractivity (Wildman–Crippen MR) is 65.5 cm³/mol. The Balaban J connectivity index is 1.80. The molecule has 1 atom stereocenters. The van der Waals surface area contributed by atoms with Crippen molar-refractivity contribution >= 4 is 0 Å². The van der Waals surface area contributed by atoms with E-state index in [0.717, 1.165) is 45.4 Å². The van der Waals surface area contributed by atoms with E-state index in [2.05, 4.69) is 9.80 Å². The fourth-order valence-electron chi connectivity index (χ4n) is 2.81. The Morgan fingerprint density at radius 1 is 1.12 bits per heavy atom. The maximum Gasteiger partial charge on any atom is 0.0594 e. The Hall–Kier alpha value is -0.160. The van der Waals surface area contributed by atoms with Crippen molar-refractivity contribution in [2.75, 3.05) is 52.5 Å². The van der Waals surface area contributed by atoms with E-state index in [4.69, 9.17) is 10.5 Å². The van der Waals surface area contributed by atoms with Crippen molar-refractivity contribution in [3.63, 3.8) is 0 Å². The van der Waals surface area contributed by atoms with Gasteiger partial charge in [-0.3, -0.25) is 9.80 Å². The van der Waals surface area contributed by atoms with Crippen LogP contribution in [-0.2, 0) is 4.74 Å². The van der Waals surface area contributed by atoms with E-state index in [1.807, 2.05) is 0 Å². The molecule has 0 aromatic carbocycles. The molecule has 2 aliphatic rings. The van der Waals surface area contributed by atoms with E-state index in [1.165, 1.54) is 32.4 Å². The zero-order valence-corrected chi connectivity index (χ0v) is 10.2. The highest BCUT2D eigenvalue weighted by Gasteiger charge is 2.24. The van der Waals surface area contributed by atoms with E-state index < -0.39 is 0 Å². The minimum Gasteiger partial charge on any atom is -0.379 e. The topological polar surface area (TPSA) is 41.7 Å². The second-order valence-electron chi connectivity index (χ2n) is 4.89. The molecule has 2 N–H and O–H groups in total.